The van der Waals surface area contributed by atoms with Crippen molar-refractivity contribution in [1.29, 1.82) is 0 Å². The Morgan fingerprint density at radius 3 is 2.45 bits per heavy atom. The number of rotatable bonds is 7. The number of carbonyl (C=O) groups excluding carboxylic acids is 1. The maximum atomic E-state index is 12.7. The number of ether oxygens (including phenoxy) is 2. The molecule has 1 fully saturated rings. The van der Waals surface area contributed by atoms with Crippen molar-refractivity contribution < 1.29 is 14.3 Å². The first kappa shape index (κ1) is 22.7. The van der Waals surface area contributed by atoms with Gasteiger partial charge in [0.05, 0.1) is 25.5 Å². The molecule has 1 N–H and O–H groups in total. The fraction of sp³-hybridized carbons (Fsp3) is 0.346. The number of aryl methyl sites for hydroxylation is 1. The normalized spacial score (nSPS) is 14.6. The van der Waals surface area contributed by atoms with Crippen LogP contribution in [0, 0.1) is 6.92 Å². The molecule has 1 aliphatic heterocycles. The van der Waals surface area contributed by atoms with E-state index in [1.54, 1.807) is 32.5 Å². The molecule has 1 amide bonds. The van der Waals surface area contributed by atoms with E-state index < -0.39 is 0 Å². The first-order valence-electron chi connectivity index (χ1n) is 11.2. The largest absolute Gasteiger partial charge is 0.497 e. The van der Waals surface area contributed by atoms with Gasteiger partial charge in [0.1, 0.15) is 17.3 Å². The van der Waals surface area contributed by atoms with Gasteiger partial charge in [0, 0.05) is 29.9 Å². The first-order valence-corrected chi connectivity index (χ1v) is 11.2. The molecule has 1 saturated heterocycles. The number of benzene rings is 2. The van der Waals surface area contributed by atoms with Crippen LogP contribution >= 0.6 is 0 Å². The average Bonchev–Trinajstić information content (AvgIpc) is 2.85. The monoisotopic (exact) mass is 446 g/mol. The van der Waals surface area contributed by atoms with Gasteiger partial charge in [0.25, 0.3) is 5.91 Å². The summed E-state index contributed by atoms with van der Waals surface area (Å²) in [5.41, 5.74) is 3.09. The summed E-state index contributed by atoms with van der Waals surface area (Å²) in [4.78, 5) is 24.4. The summed E-state index contributed by atoms with van der Waals surface area (Å²) in [6.45, 7) is 4.70. The average molecular weight is 447 g/mol. The quantitative estimate of drug-likeness (QED) is 0.578. The van der Waals surface area contributed by atoms with Crippen molar-refractivity contribution in [2.24, 2.45) is 0 Å². The van der Waals surface area contributed by atoms with Gasteiger partial charge in [-0.15, -0.1) is 0 Å². The van der Waals surface area contributed by atoms with E-state index in [0.29, 0.717) is 22.9 Å². The van der Waals surface area contributed by atoms with E-state index in [4.69, 9.17) is 14.5 Å². The lowest BCUT2D eigenvalue weighted by Gasteiger charge is -2.31. The standard InChI is InChI=1S/C26H30N4O3/c1-18-23(26(31)29-21-8-10-22(32-2)11-9-21)16-27-25(28-18)19-12-14-30(15-13-19)17-20-6-4-5-7-24(20)33-3/h4-11,16,19H,12-15,17H2,1-3H3,(H,29,31). The molecule has 0 spiro atoms. The van der Waals surface area contributed by atoms with Crippen LogP contribution in [0.5, 0.6) is 11.5 Å². The highest BCUT2D eigenvalue weighted by molar-refractivity contribution is 6.04. The van der Waals surface area contributed by atoms with E-state index in [1.807, 2.05) is 37.3 Å². The van der Waals surface area contributed by atoms with Gasteiger partial charge in [-0.2, -0.15) is 0 Å². The number of amides is 1. The Hall–Kier alpha value is -3.45. The third-order valence-corrected chi connectivity index (χ3v) is 6.13. The molecule has 0 bridgehead atoms. The number of para-hydroxylation sites is 1. The van der Waals surface area contributed by atoms with Crippen LogP contribution in [0.1, 0.15) is 46.2 Å². The van der Waals surface area contributed by atoms with Crippen LogP contribution in [0.3, 0.4) is 0 Å². The number of hydrogen-bond acceptors (Lipinski definition) is 6. The van der Waals surface area contributed by atoms with E-state index in [9.17, 15) is 4.79 Å². The number of nitrogens with one attached hydrogen (secondary N) is 1. The molecule has 2 heterocycles. The minimum atomic E-state index is -0.212. The second-order valence-electron chi connectivity index (χ2n) is 8.27. The Labute approximate surface area is 194 Å². The van der Waals surface area contributed by atoms with Gasteiger partial charge >= 0.3 is 0 Å². The Bertz CT molecular complexity index is 1090. The lowest BCUT2D eigenvalue weighted by molar-refractivity contribution is 0.102. The number of methoxy groups -OCH3 is 2. The van der Waals surface area contributed by atoms with Crippen LogP contribution in [0.4, 0.5) is 5.69 Å². The minimum absolute atomic E-state index is 0.212. The highest BCUT2D eigenvalue weighted by Crippen LogP contribution is 2.28. The van der Waals surface area contributed by atoms with Gasteiger partial charge in [0.2, 0.25) is 0 Å². The number of hydrogen-bond donors (Lipinski definition) is 1. The summed E-state index contributed by atoms with van der Waals surface area (Å²) >= 11 is 0. The van der Waals surface area contributed by atoms with Crippen LogP contribution < -0.4 is 14.8 Å². The molecule has 2 aromatic carbocycles. The molecule has 7 nitrogen and oxygen atoms in total. The lowest BCUT2D eigenvalue weighted by Crippen LogP contribution is -2.33. The molecule has 4 rings (SSSR count). The van der Waals surface area contributed by atoms with Crippen molar-refractivity contribution in [3.05, 3.63) is 77.4 Å². The van der Waals surface area contributed by atoms with Gasteiger partial charge in [-0.05, 0) is 63.2 Å². The van der Waals surface area contributed by atoms with Crippen LogP contribution in [0.15, 0.2) is 54.7 Å². The molecule has 1 aromatic heterocycles. The first-order chi connectivity index (χ1) is 16.1. The van der Waals surface area contributed by atoms with Gasteiger partial charge in [0.15, 0.2) is 0 Å². The smallest absolute Gasteiger partial charge is 0.259 e. The summed E-state index contributed by atoms with van der Waals surface area (Å²) in [5.74, 6) is 2.59. The van der Waals surface area contributed by atoms with E-state index in [-0.39, 0.29) is 5.91 Å². The Kier molecular flexibility index (Phi) is 7.19. The molecule has 7 heteroatoms. The highest BCUT2D eigenvalue weighted by atomic mass is 16.5. The highest BCUT2D eigenvalue weighted by Gasteiger charge is 2.24. The topological polar surface area (TPSA) is 76.6 Å². The van der Waals surface area contributed by atoms with Crippen LogP contribution in [0.2, 0.25) is 0 Å². The molecule has 0 saturated carbocycles. The maximum Gasteiger partial charge on any atom is 0.259 e. The molecule has 1 aliphatic rings. The minimum Gasteiger partial charge on any atom is -0.497 e. The number of aromatic nitrogens is 2. The van der Waals surface area contributed by atoms with Crippen molar-refractivity contribution in [1.82, 2.24) is 14.9 Å². The van der Waals surface area contributed by atoms with Crippen molar-refractivity contribution in [3.8, 4) is 11.5 Å². The fourth-order valence-electron chi connectivity index (χ4n) is 4.20. The van der Waals surface area contributed by atoms with Crippen LogP contribution in [0.25, 0.3) is 0 Å². The molecular weight excluding hydrogens is 416 g/mol. The summed E-state index contributed by atoms with van der Waals surface area (Å²) in [6.07, 6.45) is 3.63. The van der Waals surface area contributed by atoms with E-state index >= 15 is 0 Å². The van der Waals surface area contributed by atoms with Gasteiger partial charge in [-0.25, -0.2) is 9.97 Å². The number of nitrogens with zero attached hydrogens (tertiary/aromatic N) is 3. The number of likely N-dealkylation sites (tertiary alicyclic amines) is 1. The zero-order valence-corrected chi connectivity index (χ0v) is 19.4. The second kappa shape index (κ2) is 10.4. The molecule has 172 valence electrons. The molecule has 3 aromatic rings. The fourth-order valence-corrected chi connectivity index (χ4v) is 4.20. The van der Waals surface area contributed by atoms with Gasteiger partial charge < -0.3 is 14.8 Å². The maximum absolute atomic E-state index is 12.7. The van der Waals surface area contributed by atoms with Crippen LogP contribution in [-0.2, 0) is 6.54 Å². The van der Waals surface area contributed by atoms with Crippen molar-refractivity contribution in [2.45, 2.75) is 32.2 Å². The number of anilines is 1. The zero-order chi connectivity index (χ0) is 23.2. The Balaban J connectivity index is 1.35. The summed E-state index contributed by atoms with van der Waals surface area (Å²) < 4.78 is 10.6. The zero-order valence-electron chi connectivity index (χ0n) is 19.4. The molecular formula is C26H30N4O3. The summed E-state index contributed by atoms with van der Waals surface area (Å²) in [6, 6.07) is 15.4. The number of carbonyl (C=O) groups is 1. The van der Waals surface area contributed by atoms with Gasteiger partial charge in [-0.1, -0.05) is 18.2 Å². The third kappa shape index (κ3) is 5.49. The molecule has 0 unspecified atom stereocenters. The molecule has 0 radical (unpaired) electrons. The van der Waals surface area contributed by atoms with E-state index in [2.05, 4.69) is 21.3 Å². The van der Waals surface area contributed by atoms with Crippen molar-refractivity contribution in [3.63, 3.8) is 0 Å². The van der Waals surface area contributed by atoms with E-state index in [0.717, 1.165) is 49.8 Å². The Morgan fingerprint density at radius 2 is 1.79 bits per heavy atom. The van der Waals surface area contributed by atoms with Crippen molar-refractivity contribution in [2.75, 3.05) is 32.6 Å². The summed E-state index contributed by atoms with van der Waals surface area (Å²) in [7, 11) is 3.33. The number of piperidine rings is 1. The SMILES string of the molecule is COc1ccc(NC(=O)c2cnc(C3CCN(Cc4ccccc4OC)CC3)nc2C)cc1. The molecule has 33 heavy (non-hydrogen) atoms. The van der Waals surface area contributed by atoms with Gasteiger partial charge in [-0.3, -0.25) is 9.69 Å². The summed E-state index contributed by atoms with van der Waals surface area (Å²) in [5, 5.41) is 2.90. The predicted molar refractivity (Wildman–Crippen MR) is 128 cm³/mol. The lowest BCUT2D eigenvalue weighted by atomic mass is 9.95. The van der Waals surface area contributed by atoms with E-state index in [1.165, 1.54) is 5.56 Å². The second-order valence-corrected chi connectivity index (χ2v) is 8.27. The molecule has 0 aliphatic carbocycles. The third-order valence-electron chi connectivity index (χ3n) is 6.13. The Morgan fingerprint density at radius 1 is 1.06 bits per heavy atom. The van der Waals surface area contributed by atoms with Crippen molar-refractivity contribution >= 4 is 11.6 Å². The predicted octanol–water partition coefficient (Wildman–Crippen LogP) is 4.43. The molecule has 0 atom stereocenters. The van der Waals surface area contributed by atoms with Crippen LogP contribution in [-0.4, -0.2) is 48.1 Å².